The Morgan fingerprint density at radius 2 is 1.00 bits per heavy atom. The van der Waals surface area contributed by atoms with Crippen molar-refractivity contribution in [3.8, 4) is 0 Å². The van der Waals surface area contributed by atoms with E-state index in [4.69, 9.17) is 0 Å². The molecule has 0 aromatic heterocycles. The second-order valence-corrected chi connectivity index (χ2v) is 64.1. The average Bonchev–Trinajstić information content (AvgIpc) is 2.32. The molecular formula is C12H10Hg2S. The number of hydrogen-bond acceptors (Lipinski definition) is 1. The molecule has 0 bridgehead atoms. The van der Waals surface area contributed by atoms with Crippen LogP contribution in [0.15, 0.2) is 60.7 Å². The van der Waals surface area contributed by atoms with Crippen LogP contribution in [0.3, 0.4) is 0 Å². The van der Waals surface area contributed by atoms with Crippen molar-refractivity contribution < 1.29 is 46.1 Å². The molecule has 0 saturated heterocycles. The Labute approximate surface area is 116 Å². The molecule has 0 saturated carbocycles. The second kappa shape index (κ2) is 7.08. The molecule has 2 aromatic carbocycles. The van der Waals surface area contributed by atoms with Crippen molar-refractivity contribution in [2.24, 2.45) is 0 Å². The van der Waals surface area contributed by atoms with Crippen molar-refractivity contribution in [3.05, 3.63) is 60.7 Å². The van der Waals surface area contributed by atoms with E-state index in [1.807, 2.05) is 0 Å². The molecule has 0 spiro atoms. The van der Waals surface area contributed by atoms with E-state index in [1.165, 1.54) is 0 Å². The first-order valence-electron chi connectivity index (χ1n) is 5.11. The topological polar surface area (TPSA) is 0 Å². The number of rotatable bonds is 4. The van der Waals surface area contributed by atoms with Gasteiger partial charge in [-0.15, -0.1) is 0 Å². The van der Waals surface area contributed by atoms with Gasteiger partial charge >= 0.3 is 118 Å². The molecule has 0 amide bonds. The molecule has 0 aliphatic carbocycles. The molecule has 0 atom stereocenters. The zero-order valence-electron chi connectivity index (χ0n) is 8.60. The summed E-state index contributed by atoms with van der Waals surface area (Å²) in [7, 11) is 0. The van der Waals surface area contributed by atoms with Crippen LogP contribution in [-0.4, -0.2) is 0 Å². The van der Waals surface area contributed by atoms with Gasteiger partial charge in [-0.25, -0.2) is 0 Å². The third-order valence-electron chi connectivity index (χ3n) is 2.22. The fourth-order valence-corrected chi connectivity index (χ4v) is 74.4. The molecule has 15 heavy (non-hydrogen) atoms. The molecular weight excluding hydrogens is 577 g/mol. The van der Waals surface area contributed by atoms with Crippen LogP contribution in [0.25, 0.3) is 0 Å². The molecule has 3 heteroatoms. The van der Waals surface area contributed by atoms with Gasteiger partial charge in [-0.2, -0.15) is 0 Å². The predicted molar refractivity (Wildman–Crippen MR) is 59.7 cm³/mol. The van der Waals surface area contributed by atoms with E-state index in [9.17, 15) is 0 Å². The van der Waals surface area contributed by atoms with Crippen molar-refractivity contribution in [2.45, 2.75) is 0 Å². The van der Waals surface area contributed by atoms with Crippen LogP contribution in [-0.2, 0) is 46.1 Å². The molecule has 0 unspecified atom stereocenters. The van der Waals surface area contributed by atoms with E-state index in [1.54, 1.807) is 6.14 Å². The van der Waals surface area contributed by atoms with Gasteiger partial charge in [0.2, 0.25) is 0 Å². The maximum absolute atomic E-state index is 2.40. The quantitative estimate of drug-likeness (QED) is 0.496. The summed E-state index contributed by atoms with van der Waals surface area (Å²) in [5.41, 5.74) is 0. The SMILES string of the molecule is c1cc[c]([Hg][S][Hg][c]2ccccc2)cc1. The van der Waals surface area contributed by atoms with Crippen LogP contribution in [0.2, 0.25) is 0 Å². The normalized spacial score (nSPS) is 9.07. The van der Waals surface area contributed by atoms with Crippen molar-refractivity contribution in [3.63, 3.8) is 0 Å². The van der Waals surface area contributed by atoms with E-state index < -0.39 is 46.1 Å². The van der Waals surface area contributed by atoms with Crippen LogP contribution < -0.4 is 6.14 Å². The summed E-state index contributed by atoms with van der Waals surface area (Å²) in [6, 6.07) is 22.2. The molecule has 68 valence electrons. The van der Waals surface area contributed by atoms with Crippen molar-refractivity contribution in [1.29, 1.82) is 0 Å². The van der Waals surface area contributed by atoms with E-state index in [0.717, 1.165) is 0 Å². The van der Waals surface area contributed by atoms with Gasteiger partial charge in [-0.3, -0.25) is 0 Å². The average molecular weight is 587 g/mol. The van der Waals surface area contributed by atoms with Gasteiger partial charge in [0.1, 0.15) is 0 Å². The number of benzene rings is 2. The van der Waals surface area contributed by atoms with Gasteiger partial charge in [0.25, 0.3) is 0 Å². The van der Waals surface area contributed by atoms with Gasteiger partial charge in [-0.1, -0.05) is 0 Å². The standard InChI is InChI=1S/2C6H5.2Hg.S/c2*1-2-4-6-5-3-1;;;/h2*1-5H;;;. The Bertz CT molecular complexity index is 349. The van der Waals surface area contributed by atoms with Crippen LogP contribution in [0, 0.1) is 0 Å². The summed E-state index contributed by atoms with van der Waals surface area (Å²) < 4.78 is 5.76. The third-order valence-corrected chi connectivity index (χ3v) is 61.3. The van der Waals surface area contributed by atoms with Gasteiger partial charge in [0.15, 0.2) is 0 Å². The monoisotopic (exact) mass is 590 g/mol. The Hall–Kier alpha value is 0.660. The molecule has 0 nitrogen and oxygen atoms in total. The van der Waals surface area contributed by atoms with E-state index in [2.05, 4.69) is 65.4 Å². The predicted octanol–water partition coefficient (Wildman–Crippen LogP) is 2.37. The zero-order valence-corrected chi connectivity index (χ0v) is 20.4. The maximum atomic E-state index is 2.40. The van der Waals surface area contributed by atoms with Gasteiger partial charge < -0.3 is 0 Å². The van der Waals surface area contributed by atoms with E-state index >= 15 is 0 Å². The summed E-state index contributed by atoms with van der Waals surface area (Å²) in [6.07, 6.45) is 0. The van der Waals surface area contributed by atoms with Crippen LogP contribution in [0.4, 0.5) is 0 Å². The zero-order chi connectivity index (χ0) is 10.3. The van der Waals surface area contributed by atoms with Crippen LogP contribution >= 0.6 is 4.72 Å². The first kappa shape index (κ1) is 12.1. The molecule has 0 heterocycles. The molecule has 2 aromatic rings. The van der Waals surface area contributed by atoms with E-state index in [-0.39, 0.29) is 0 Å². The van der Waals surface area contributed by atoms with Crippen molar-refractivity contribution >= 4 is 10.9 Å². The number of hydrogen-bond donors (Lipinski definition) is 0. The second-order valence-electron chi connectivity index (χ2n) is 3.46. The van der Waals surface area contributed by atoms with Crippen molar-refractivity contribution in [2.75, 3.05) is 0 Å². The van der Waals surface area contributed by atoms with Gasteiger partial charge in [0, 0.05) is 0 Å². The summed E-state index contributed by atoms with van der Waals surface area (Å²) >= 11 is -1.56. The van der Waals surface area contributed by atoms with Crippen LogP contribution in [0.1, 0.15) is 0 Å². The molecule has 0 radical (unpaired) electrons. The Balaban J connectivity index is 1.81. The Morgan fingerprint density at radius 3 is 1.40 bits per heavy atom. The first-order valence-corrected chi connectivity index (χ1v) is 25.2. The summed E-state index contributed by atoms with van der Waals surface area (Å²) in [5.74, 6) is 0. The molecule has 0 aliphatic heterocycles. The summed E-state index contributed by atoms with van der Waals surface area (Å²) in [5, 5.41) is 0. The Morgan fingerprint density at radius 1 is 0.600 bits per heavy atom. The molecule has 0 N–H and O–H groups in total. The third kappa shape index (κ3) is 4.58. The molecule has 0 aliphatic rings. The Kier molecular flexibility index (Phi) is 5.72. The molecule has 0 fully saturated rings. The van der Waals surface area contributed by atoms with Gasteiger partial charge in [-0.05, 0) is 0 Å². The first-order chi connectivity index (χ1) is 7.45. The fourth-order valence-electron chi connectivity index (χ4n) is 1.44. The van der Waals surface area contributed by atoms with E-state index in [0.29, 0.717) is 0 Å². The fraction of sp³-hybridized carbons (Fsp3) is 0. The minimum atomic E-state index is -0.779. The van der Waals surface area contributed by atoms with Crippen molar-refractivity contribution in [1.82, 2.24) is 0 Å². The van der Waals surface area contributed by atoms with Gasteiger partial charge in [0.05, 0.1) is 0 Å². The molecule has 2 rings (SSSR count). The summed E-state index contributed by atoms with van der Waals surface area (Å²) in [4.78, 5) is 0. The summed E-state index contributed by atoms with van der Waals surface area (Å²) in [6.45, 7) is 0. The minimum absolute atomic E-state index is 0.779. The van der Waals surface area contributed by atoms with Crippen LogP contribution in [0.5, 0.6) is 0 Å².